The summed E-state index contributed by atoms with van der Waals surface area (Å²) in [4.78, 5) is 11.3. The highest BCUT2D eigenvalue weighted by atomic mass is 16.1. The summed E-state index contributed by atoms with van der Waals surface area (Å²) in [6.45, 7) is 7.74. The van der Waals surface area contributed by atoms with Crippen LogP contribution in [0.1, 0.15) is 26.7 Å². The third-order valence-corrected chi connectivity index (χ3v) is 2.15. The Morgan fingerprint density at radius 1 is 1.73 bits per heavy atom. The molecule has 0 unspecified atom stereocenters. The zero-order valence-corrected chi connectivity index (χ0v) is 7.18. The van der Waals surface area contributed by atoms with Crippen LogP contribution in [0.2, 0.25) is 0 Å². The van der Waals surface area contributed by atoms with E-state index in [2.05, 4.69) is 6.58 Å². The molecule has 0 saturated heterocycles. The van der Waals surface area contributed by atoms with Crippen molar-refractivity contribution in [3.05, 3.63) is 23.8 Å². The van der Waals surface area contributed by atoms with Crippen molar-refractivity contribution in [2.75, 3.05) is 0 Å². The van der Waals surface area contributed by atoms with Gasteiger partial charge in [-0.25, -0.2) is 0 Å². The van der Waals surface area contributed by atoms with Gasteiger partial charge in [0.1, 0.15) is 0 Å². The SMILES string of the molecule is C=C(C)[C@@H]1CCC(C)=CC1=O. The maximum Gasteiger partial charge on any atom is 0.162 e. The predicted molar refractivity (Wildman–Crippen MR) is 46.3 cm³/mol. The van der Waals surface area contributed by atoms with Gasteiger partial charge in [-0.05, 0) is 32.8 Å². The minimum Gasteiger partial charge on any atom is -0.294 e. The van der Waals surface area contributed by atoms with Crippen LogP contribution in [0.4, 0.5) is 0 Å². The van der Waals surface area contributed by atoms with Crippen LogP contribution < -0.4 is 0 Å². The number of carbonyl (C=O) groups excluding carboxylic acids is 1. The van der Waals surface area contributed by atoms with Gasteiger partial charge in [0.2, 0.25) is 0 Å². The molecule has 1 aliphatic rings. The molecule has 60 valence electrons. The van der Waals surface area contributed by atoms with Crippen LogP contribution in [0, 0.1) is 5.92 Å². The Kier molecular flexibility index (Phi) is 2.28. The van der Waals surface area contributed by atoms with Crippen molar-refractivity contribution in [2.45, 2.75) is 26.7 Å². The van der Waals surface area contributed by atoms with Crippen LogP contribution in [0.25, 0.3) is 0 Å². The Hall–Kier alpha value is -0.850. The zero-order chi connectivity index (χ0) is 8.43. The van der Waals surface area contributed by atoms with Gasteiger partial charge >= 0.3 is 0 Å². The summed E-state index contributed by atoms with van der Waals surface area (Å²) in [6, 6.07) is 0. The second-order valence-electron chi connectivity index (χ2n) is 3.33. The topological polar surface area (TPSA) is 17.1 Å². The summed E-state index contributed by atoms with van der Waals surface area (Å²) < 4.78 is 0. The van der Waals surface area contributed by atoms with Gasteiger partial charge in [-0.1, -0.05) is 17.7 Å². The molecule has 0 bridgehead atoms. The molecule has 1 aliphatic carbocycles. The molecule has 0 spiro atoms. The highest BCUT2D eigenvalue weighted by Crippen LogP contribution is 2.24. The smallest absolute Gasteiger partial charge is 0.162 e. The van der Waals surface area contributed by atoms with E-state index in [1.807, 2.05) is 13.8 Å². The molecular formula is C10H14O. The molecule has 0 aromatic carbocycles. The summed E-state index contributed by atoms with van der Waals surface area (Å²) >= 11 is 0. The first-order valence-electron chi connectivity index (χ1n) is 3.97. The normalized spacial score (nSPS) is 24.7. The zero-order valence-electron chi connectivity index (χ0n) is 7.18. The minimum atomic E-state index is 0.0960. The van der Waals surface area contributed by atoms with Gasteiger partial charge in [-0.3, -0.25) is 4.79 Å². The van der Waals surface area contributed by atoms with Gasteiger partial charge in [0, 0.05) is 5.92 Å². The van der Waals surface area contributed by atoms with Crippen molar-refractivity contribution < 1.29 is 4.79 Å². The van der Waals surface area contributed by atoms with E-state index >= 15 is 0 Å². The highest BCUT2D eigenvalue weighted by molar-refractivity contribution is 5.94. The van der Waals surface area contributed by atoms with Crippen LogP contribution in [-0.4, -0.2) is 5.78 Å². The lowest BCUT2D eigenvalue weighted by Crippen LogP contribution is -2.17. The van der Waals surface area contributed by atoms with Gasteiger partial charge in [-0.2, -0.15) is 0 Å². The number of carbonyl (C=O) groups is 1. The van der Waals surface area contributed by atoms with Crippen LogP contribution in [-0.2, 0) is 4.79 Å². The van der Waals surface area contributed by atoms with E-state index in [1.165, 1.54) is 5.57 Å². The number of allylic oxidation sites excluding steroid dienone is 3. The molecule has 1 nitrogen and oxygen atoms in total. The molecular weight excluding hydrogens is 136 g/mol. The number of hydrogen-bond donors (Lipinski definition) is 0. The molecule has 1 heteroatoms. The van der Waals surface area contributed by atoms with Crippen molar-refractivity contribution in [2.24, 2.45) is 5.92 Å². The Morgan fingerprint density at radius 3 is 2.82 bits per heavy atom. The fourth-order valence-corrected chi connectivity index (χ4v) is 1.42. The molecule has 0 heterocycles. The van der Waals surface area contributed by atoms with E-state index in [-0.39, 0.29) is 11.7 Å². The largest absolute Gasteiger partial charge is 0.294 e. The molecule has 0 aromatic rings. The fraction of sp³-hybridized carbons (Fsp3) is 0.500. The van der Waals surface area contributed by atoms with E-state index in [9.17, 15) is 4.79 Å². The average molecular weight is 150 g/mol. The molecule has 11 heavy (non-hydrogen) atoms. The number of hydrogen-bond acceptors (Lipinski definition) is 1. The van der Waals surface area contributed by atoms with Crippen LogP contribution in [0.5, 0.6) is 0 Å². The summed E-state index contributed by atoms with van der Waals surface area (Å²) in [5.41, 5.74) is 2.20. The monoisotopic (exact) mass is 150 g/mol. The molecule has 0 fully saturated rings. The minimum absolute atomic E-state index is 0.0960. The molecule has 0 N–H and O–H groups in total. The van der Waals surface area contributed by atoms with E-state index in [0.717, 1.165) is 18.4 Å². The Balaban J connectivity index is 2.76. The third kappa shape index (κ3) is 1.79. The molecule has 0 saturated carbocycles. The molecule has 0 amide bonds. The van der Waals surface area contributed by atoms with E-state index < -0.39 is 0 Å². The van der Waals surface area contributed by atoms with Crippen LogP contribution in [0.3, 0.4) is 0 Å². The molecule has 1 rings (SSSR count). The van der Waals surface area contributed by atoms with Gasteiger partial charge in [0.15, 0.2) is 5.78 Å². The van der Waals surface area contributed by atoms with E-state index in [0.29, 0.717) is 0 Å². The molecule has 0 aromatic heterocycles. The van der Waals surface area contributed by atoms with Crippen molar-refractivity contribution in [3.63, 3.8) is 0 Å². The Morgan fingerprint density at radius 2 is 2.36 bits per heavy atom. The van der Waals surface area contributed by atoms with Gasteiger partial charge in [-0.15, -0.1) is 0 Å². The summed E-state index contributed by atoms with van der Waals surface area (Å²) in [5, 5.41) is 0. The van der Waals surface area contributed by atoms with Crippen molar-refractivity contribution in [1.29, 1.82) is 0 Å². The average Bonchev–Trinajstić information content (AvgIpc) is 1.85. The van der Waals surface area contributed by atoms with Crippen molar-refractivity contribution in [3.8, 4) is 0 Å². The Labute approximate surface area is 67.8 Å². The highest BCUT2D eigenvalue weighted by Gasteiger charge is 2.20. The van der Waals surface area contributed by atoms with Crippen molar-refractivity contribution >= 4 is 5.78 Å². The fourth-order valence-electron chi connectivity index (χ4n) is 1.42. The van der Waals surface area contributed by atoms with Crippen molar-refractivity contribution in [1.82, 2.24) is 0 Å². The number of rotatable bonds is 1. The first-order valence-corrected chi connectivity index (χ1v) is 3.97. The van der Waals surface area contributed by atoms with Crippen LogP contribution in [0.15, 0.2) is 23.8 Å². The first-order chi connectivity index (χ1) is 5.11. The standard InChI is InChI=1S/C10H14O/c1-7(2)9-5-4-8(3)6-10(9)11/h6,9H,1,4-5H2,2-3H3/t9-/m0/s1. The summed E-state index contributed by atoms with van der Waals surface area (Å²) in [6.07, 6.45) is 3.75. The summed E-state index contributed by atoms with van der Waals surface area (Å²) in [5.74, 6) is 0.333. The van der Waals surface area contributed by atoms with Gasteiger partial charge < -0.3 is 0 Å². The lowest BCUT2D eigenvalue weighted by Gasteiger charge is -2.18. The maximum atomic E-state index is 11.3. The summed E-state index contributed by atoms with van der Waals surface area (Å²) in [7, 11) is 0. The first kappa shape index (κ1) is 8.25. The predicted octanol–water partition coefficient (Wildman–Crippen LogP) is 2.49. The molecule has 0 aliphatic heterocycles. The second kappa shape index (κ2) is 3.04. The maximum absolute atomic E-state index is 11.3. The lowest BCUT2D eigenvalue weighted by atomic mass is 9.85. The van der Waals surface area contributed by atoms with Crippen LogP contribution >= 0.6 is 0 Å². The van der Waals surface area contributed by atoms with Gasteiger partial charge in [0.25, 0.3) is 0 Å². The van der Waals surface area contributed by atoms with E-state index in [1.54, 1.807) is 6.08 Å². The molecule has 0 radical (unpaired) electrons. The lowest BCUT2D eigenvalue weighted by molar-refractivity contribution is -0.117. The quantitative estimate of drug-likeness (QED) is 0.525. The van der Waals surface area contributed by atoms with E-state index in [4.69, 9.17) is 0 Å². The molecule has 1 atom stereocenters. The Bertz CT molecular complexity index is 223. The third-order valence-electron chi connectivity index (χ3n) is 2.15. The van der Waals surface area contributed by atoms with Gasteiger partial charge in [0.05, 0.1) is 0 Å². The second-order valence-corrected chi connectivity index (χ2v) is 3.33. The number of ketones is 1.